The Bertz CT molecular complexity index is 164. The highest BCUT2D eigenvalue weighted by molar-refractivity contribution is 5.23. The molecule has 0 aliphatic carbocycles. The van der Waals surface area contributed by atoms with Crippen molar-refractivity contribution in [1.29, 1.82) is 0 Å². The van der Waals surface area contributed by atoms with Crippen LogP contribution in [0.2, 0.25) is 0 Å². The molecule has 0 heterocycles. The van der Waals surface area contributed by atoms with Crippen molar-refractivity contribution in [2.75, 3.05) is 7.05 Å². The summed E-state index contributed by atoms with van der Waals surface area (Å²) in [6.07, 6.45) is 5.68. The van der Waals surface area contributed by atoms with E-state index in [0.29, 0.717) is 0 Å². The van der Waals surface area contributed by atoms with E-state index in [1.54, 1.807) is 6.08 Å². The summed E-state index contributed by atoms with van der Waals surface area (Å²) in [5.74, 6) is 0. The van der Waals surface area contributed by atoms with Crippen molar-refractivity contribution in [2.45, 2.75) is 13.8 Å². The molecule has 0 aromatic heterocycles. The summed E-state index contributed by atoms with van der Waals surface area (Å²) in [5, 5.41) is 3.08. The fraction of sp³-hybridized carbons (Fsp3) is 0.333. The Kier molecular flexibility index (Phi) is 4.38. The summed E-state index contributed by atoms with van der Waals surface area (Å²) in [5.41, 5.74) is 2.43. The fourth-order valence-corrected chi connectivity index (χ4v) is 0.664. The maximum absolute atomic E-state index is 3.59. The van der Waals surface area contributed by atoms with E-state index in [1.165, 1.54) is 5.57 Å². The summed E-state index contributed by atoms with van der Waals surface area (Å²) in [6, 6.07) is 0. The molecule has 0 aliphatic heterocycles. The average molecular weight is 139 g/mol. The molecule has 0 unspecified atom stereocenters. The molecule has 1 nitrogen and oxygen atoms in total. The van der Waals surface area contributed by atoms with E-state index >= 15 is 0 Å². The first-order chi connectivity index (χ1) is 4.72. The van der Waals surface area contributed by atoms with E-state index in [2.05, 4.69) is 25.7 Å². The lowest BCUT2D eigenvalue weighted by Gasteiger charge is -2.01. The molecule has 0 amide bonds. The van der Waals surface area contributed by atoms with E-state index in [0.717, 1.165) is 5.70 Å². The minimum Gasteiger partial charge on any atom is -0.388 e. The van der Waals surface area contributed by atoms with Gasteiger partial charge >= 0.3 is 0 Å². The van der Waals surface area contributed by atoms with Gasteiger partial charge in [-0.3, -0.25) is 0 Å². The summed E-state index contributed by atoms with van der Waals surface area (Å²) < 4.78 is 0. The van der Waals surface area contributed by atoms with Gasteiger partial charge in [0, 0.05) is 14.2 Å². The van der Waals surface area contributed by atoms with Gasteiger partial charge in [0.2, 0.25) is 0 Å². The number of likely N-dealkylation sites (N-methyl/N-ethyl adjacent to an activating group) is 1. The fourth-order valence-electron chi connectivity index (χ4n) is 0.664. The summed E-state index contributed by atoms with van der Waals surface area (Å²) in [4.78, 5) is 0. The molecule has 0 saturated heterocycles. The normalized spacial score (nSPS) is 9.50. The van der Waals surface area contributed by atoms with Gasteiger partial charge in [-0.1, -0.05) is 24.3 Å². The van der Waals surface area contributed by atoms with Crippen LogP contribution in [0.1, 0.15) is 15.3 Å². The van der Waals surface area contributed by atoms with Gasteiger partial charge < -0.3 is 5.32 Å². The molecule has 0 fully saturated rings. The minimum absolute atomic E-state index is 0. The first-order valence-corrected chi connectivity index (χ1v) is 3.36. The highest BCUT2D eigenvalue weighted by atomic mass is 14.8. The van der Waals surface area contributed by atoms with E-state index in [1.807, 2.05) is 19.2 Å². The van der Waals surface area contributed by atoms with E-state index < -0.39 is 0 Å². The molecule has 1 heteroatoms. The van der Waals surface area contributed by atoms with E-state index in [4.69, 9.17) is 0 Å². The summed E-state index contributed by atoms with van der Waals surface area (Å²) >= 11 is 0. The Labute approximate surface area is 64.6 Å². The second-order valence-corrected chi connectivity index (χ2v) is 2.26. The van der Waals surface area contributed by atoms with E-state index in [-0.39, 0.29) is 1.43 Å². The molecule has 1 N–H and O–H groups in total. The Morgan fingerprint density at radius 1 is 1.50 bits per heavy atom. The van der Waals surface area contributed by atoms with Gasteiger partial charge in [-0.15, -0.1) is 0 Å². The third-order valence-electron chi connectivity index (χ3n) is 1.21. The molecule has 58 valence electrons. The van der Waals surface area contributed by atoms with Crippen LogP contribution in [-0.4, -0.2) is 7.05 Å². The zero-order valence-corrected chi connectivity index (χ0v) is 6.94. The zero-order chi connectivity index (χ0) is 7.98. The van der Waals surface area contributed by atoms with Crippen LogP contribution in [0.4, 0.5) is 0 Å². The maximum atomic E-state index is 3.59. The lowest BCUT2D eigenvalue weighted by Crippen LogP contribution is -2.04. The van der Waals surface area contributed by atoms with Crippen LogP contribution in [0.5, 0.6) is 0 Å². The third kappa shape index (κ3) is 3.13. The van der Waals surface area contributed by atoms with Crippen molar-refractivity contribution >= 4 is 0 Å². The van der Waals surface area contributed by atoms with Crippen molar-refractivity contribution in [2.24, 2.45) is 0 Å². The second kappa shape index (κ2) is 4.86. The Morgan fingerprint density at radius 2 is 2.10 bits per heavy atom. The van der Waals surface area contributed by atoms with Gasteiger partial charge in [0.05, 0.1) is 0 Å². The third-order valence-corrected chi connectivity index (χ3v) is 1.21. The van der Waals surface area contributed by atoms with Crippen LogP contribution in [0, 0.1) is 0 Å². The van der Waals surface area contributed by atoms with Gasteiger partial charge in [0.25, 0.3) is 0 Å². The predicted molar refractivity (Wildman–Crippen MR) is 48.9 cm³/mol. The summed E-state index contributed by atoms with van der Waals surface area (Å²) in [7, 11) is 1.91. The molecule has 0 radical (unpaired) electrons. The lowest BCUT2D eigenvalue weighted by molar-refractivity contribution is 0.999. The number of rotatable bonds is 3. The van der Waals surface area contributed by atoms with Gasteiger partial charge in [0.1, 0.15) is 0 Å². The monoisotopic (exact) mass is 139 g/mol. The molecule has 0 saturated carbocycles. The molecular weight excluding hydrogens is 122 g/mol. The second-order valence-electron chi connectivity index (χ2n) is 2.26. The van der Waals surface area contributed by atoms with Crippen LogP contribution in [0.25, 0.3) is 0 Å². The van der Waals surface area contributed by atoms with Gasteiger partial charge in [-0.2, -0.15) is 0 Å². The van der Waals surface area contributed by atoms with Gasteiger partial charge in [-0.05, 0) is 19.9 Å². The van der Waals surface area contributed by atoms with Crippen LogP contribution < -0.4 is 5.32 Å². The van der Waals surface area contributed by atoms with Crippen LogP contribution >= 0.6 is 0 Å². The number of allylic oxidation sites excluding steroid dienone is 4. The minimum atomic E-state index is 0. The molecule has 0 spiro atoms. The van der Waals surface area contributed by atoms with Crippen molar-refractivity contribution in [3.05, 3.63) is 36.1 Å². The zero-order valence-electron chi connectivity index (χ0n) is 6.94. The van der Waals surface area contributed by atoms with Gasteiger partial charge in [0.15, 0.2) is 0 Å². The van der Waals surface area contributed by atoms with Crippen molar-refractivity contribution in [3.8, 4) is 0 Å². The van der Waals surface area contributed by atoms with Crippen LogP contribution in [0.3, 0.4) is 0 Å². The highest BCUT2D eigenvalue weighted by Crippen LogP contribution is 1.99. The summed E-state index contributed by atoms with van der Waals surface area (Å²) in [6.45, 7) is 7.73. The van der Waals surface area contributed by atoms with Crippen molar-refractivity contribution < 1.29 is 1.43 Å². The average Bonchev–Trinajstić information content (AvgIpc) is 1.89. The topological polar surface area (TPSA) is 12.0 Å². The quantitative estimate of drug-likeness (QED) is 0.592. The Morgan fingerprint density at radius 3 is 2.40 bits per heavy atom. The smallest absolute Gasteiger partial charge is 0.0323 e. The molecule has 0 aromatic carbocycles. The standard InChI is InChI=1S/C9H15N.H2/c1-5-6-7-9(10-4)8(2)3;/h5-7,10H,1H2,2-4H3;1H/b7-6-;. The van der Waals surface area contributed by atoms with Gasteiger partial charge in [-0.25, -0.2) is 0 Å². The molecule has 10 heavy (non-hydrogen) atoms. The number of hydrogen-bond donors (Lipinski definition) is 1. The number of nitrogens with one attached hydrogen (secondary N) is 1. The number of hydrogen-bond acceptors (Lipinski definition) is 1. The SMILES string of the molecule is C=C/C=C\C(NC)=C(C)C.[HH]. The lowest BCUT2D eigenvalue weighted by atomic mass is 10.2. The molecule has 0 atom stereocenters. The van der Waals surface area contributed by atoms with Crippen LogP contribution in [0.15, 0.2) is 36.1 Å². The van der Waals surface area contributed by atoms with Crippen molar-refractivity contribution in [3.63, 3.8) is 0 Å². The molecule has 0 aliphatic rings. The maximum Gasteiger partial charge on any atom is 0.0323 e. The molecule has 0 aromatic rings. The first kappa shape index (κ1) is 9.02. The molecule has 0 rings (SSSR count). The van der Waals surface area contributed by atoms with Crippen LogP contribution in [-0.2, 0) is 0 Å². The Balaban J connectivity index is 0. The van der Waals surface area contributed by atoms with Crippen molar-refractivity contribution in [1.82, 2.24) is 5.32 Å². The molecular formula is C9H17N. The predicted octanol–water partition coefficient (Wildman–Crippen LogP) is 2.49. The van der Waals surface area contributed by atoms with E-state index in [9.17, 15) is 0 Å². The first-order valence-electron chi connectivity index (χ1n) is 3.36. The molecule has 0 bridgehead atoms. The highest BCUT2D eigenvalue weighted by Gasteiger charge is 1.86. The largest absolute Gasteiger partial charge is 0.388 e. The Hall–Kier alpha value is -0.980.